The average Bonchev–Trinajstić information content (AvgIpc) is 2.56. The molecule has 2 aliphatic heterocycles. The summed E-state index contributed by atoms with van der Waals surface area (Å²) in [5, 5.41) is 19.3. The van der Waals surface area contributed by atoms with Crippen molar-refractivity contribution in [2.75, 3.05) is 11.3 Å². The van der Waals surface area contributed by atoms with Gasteiger partial charge in [0.15, 0.2) is 5.08 Å². The number of carboxylic acids is 1. The number of carbonyl (C=O) groups excluding carboxylic acids is 1. The summed E-state index contributed by atoms with van der Waals surface area (Å²) in [5.41, 5.74) is -0.0140. The molecule has 0 aliphatic carbocycles. The summed E-state index contributed by atoms with van der Waals surface area (Å²) in [7, 11) is 0. The summed E-state index contributed by atoms with van der Waals surface area (Å²) in [6, 6.07) is -0.304. The predicted molar refractivity (Wildman–Crippen MR) is 76.2 cm³/mol. The van der Waals surface area contributed by atoms with Gasteiger partial charge in [0.05, 0.1) is 24.3 Å². The van der Waals surface area contributed by atoms with Gasteiger partial charge in [0, 0.05) is 10.8 Å². The van der Waals surface area contributed by atoms with Crippen LogP contribution in [0, 0.1) is 11.8 Å². The lowest BCUT2D eigenvalue weighted by atomic mass is 9.79. The van der Waals surface area contributed by atoms with E-state index in [4.69, 9.17) is 0 Å². The molecule has 0 aromatic rings. The molecule has 5 atom stereocenters. The first-order valence-corrected chi connectivity index (χ1v) is 8.90. The Hall–Kier alpha value is -0.700. The standard InChI is InChI=1S/C12H17NO5S2/c1-5-8-7(6(2)14)11(15)13(8)9(12(16)17)10(5)19-4-20(3)18/h5-8,14H,4H2,1-3H3,(H,16,17)/t5-,6-,7-,8-,20?/m1/s1. The van der Waals surface area contributed by atoms with E-state index in [1.807, 2.05) is 6.92 Å². The third-order valence-electron chi connectivity index (χ3n) is 3.69. The molecule has 0 aromatic carbocycles. The number of β-lactam (4-membered cyclic amide) rings is 1. The molecule has 1 fully saturated rings. The van der Waals surface area contributed by atoms with Crippen molar-refractivity contribution in [1.82, 2.24) is 4.90 Å². The number of thioether (sulfide) groups is 1. The van der Waals surface area contributed by atoms with Crippen LogP contribution in [0.15, 0.2) is 10.6 Å². The van der Waals surface area contributed by atoms with Crippen molar-refractivity contribution in [3.05, 3.63) is 10.6 Å². The molecule has 2 aliphatic rings. The Balaban J connectivity index is 2.30. The molecular weight excluding hydrogens is 302 g/mol. The number of nitrogens with zero attached hydrogens (tertiary/aromatic N) is 1. The smallest absolute Gasteiger partial charge is 0.353 e. The number of aliphatic hydroxyl groups is 1. The lowest BCUT2D eigenvalue weighted by Crippen LogP contribution is -2.63. The van der Waals surface area contributed by atoms with Crippen LogP contribution in [0.1, 0.15) is 13.8 Å². The molecule has 0 spiro atoms. The predicted octanol–water partition coefficient (Wildman–Crippen LogP) is 0.209. The zero-order chi connectivity index (χ0) is 15.2. The summed E-state index contributed by atoms with van der Waals surface area (Å²) in [5.74, 6) is -2.21. The molecule has 0 radical (unpaired) electrons. The minimum Gasteiger partial charge on any atom is -0.616 e. The maximum Gasteiger partial charge on any atom is 0.353 e. The highest BCUT2D eigenvalue weighted by atomic mass is 32.3. The highest BCUT2D eigenvalue weighted by Gasteiger charge is 2.60. The van der Waals surface area contributed by atoms with Crippen LogP contribution >= 0.6 is 11.8 Å². The van der Waals surface area contributed by atoms with E-state index in [1.54, 1.807) is 13.2 Å². The van der Waals surface area contributed by atoms with Crippen LogP contribution < -0.4 is 0 Å². The van der Waals surface area contributed by atoms with Gasteiger partial charge in [-0.15, -0.1) is 0 Å². The van der Waals surface area contributed by atoms with E-state index in [0.717, 1.165) is 0 Å². The lowest BCUT2D eigenvalue weighted by Gasteiger charge is -2.46. The van der Waals surface area contributed by atoms with Crippen LogP contribution in [0.25, 0.3) is 0 Å². The fourth-order valence-electron chi connectivity index (χ4n) is 2.86. The number of hydrogen-bond donors (Lipinski definition) is 2. The van der Waals surface area contributed by atoms with E-state index in [9.17, 15) is 24.4 Å². The first-order valence-electron chi connectivity index (χ1n) is 6.18. The number of amides is 1. The largest absolute Gasteiger partial charge is 0.616 e. The zero-order valence-electron chi connectivity index (χ0n) is 11.4. The maximum atomic E-state index is 12.0. The second-order valence-electron chi connectivity index (χ2n) is 5.11. The van der Waals surface area contributed by atoms with Crippen molar-refractivity contribution in [2.24, 2.45) is 11.8 Å². The third kappa shape index (κ3) is 2.34. The van der Waals surface area contributed by atoms with Gasteiger partial charge >= 0.3 is 5.97 Å². The van der Waals surface area contributed by atoms with E-state index in [1.165, 1.54) is 16.7 Å². The molecule has 20 heavy (non-hydrogen) atoms. The van der Waals surface area contributed by atoms with Crippen molar-refractivity contribution in [3.63, 3.8) is 0 Å². The van der Waals surface area contributed by atoms with Crippen LogP contribution in [0.3, 0.4) is 0 Å². The number of carbonyl (C=O) groups is 2. The maximum absolute atomic E-state index is 12.0. The second kappa shape index (κ2) is 5.59. The Morgan fingerprint density at radius 3 is 2.65 bits per heavy atom. The molecule has 0 bridgehead atoms. The summed E-state index contributed by atoms with van der Waals surface area (Å²) in [4.78, 5) is 25.3. The summed E-state index contributed by atoms with van der Waals surface area (Å²) < 4.78 is 11.2. The Bertz CT molecular complexity index is 476. The van der Waals surface area contributed by atoms with Gasteiger partial charge in [-0.2, -0.15) is 0 Å². The number of fused-ring (bicyclic) bond motifs is 1. The molecule has 0 aromatic heterocycles. The van der Waals surface area contributed by atoms with Gasteiger partial charge in [-0.1, -0.05) is 18.7 Å². The van der Waals surface area contributed by atoms with Crippen LogP contribution in [-0.2, 0) is 20.8 Å². The number of carboxylic acid groups (broad SMARTS) is 1. The summed E-state index contributed by atoms with van der Waals surface area (Å²) in [6.07, 6.45) is 0.748. The van der Waals surface area contributed by atoms with E-state index in [0.29, 0.717) is 9.99 Å². The average molecular weight is 319 g/mol. The number of rotatable bonds is 5. The molecule has 6 nitrogen and oxygen atoms in total. The SMILES string of the molecule is C[C@@H](O)[C@H]1C(=O)N2C(C(=O)O)=C(SC[S+](C)[O-])[C@H](C)[C@H]12. The fraction of sp³-hybridized carbons (Fsp3) is 0.667. The van der Waals surface area contributed by atoms with Gasteiger partial charge in [0.1, 0.15) is 5.70 Å². The number of hydrogen-bond acceptors (Lipinski definition) is 5. The molecule has 2 N–H and O–H groups in total. The van der Waals surface area contributed by atoms with Crippen molar-refractivity contribution in [1.29, 1.82) is 0 Å². The molecule has 8 heteroatoms. The molecule has 1 saturated heterocycles. The van der Waals surface area contributed by atoms with Gasteiger partial charge in [-0.3, -0.25) is 4.79 Å². The number of aliphatic carboxylic acids is 1. The van der Waals surface area contributed by atoms with Gasteiger partial charge in [0.2, 0.25) is 5.91 Å². The monoisotopic (exact) mass is 319 g/mol. The van der Waals surface area contributed by atoms with Gasteiger partial charge in [0.25, 0.3) is 0 Å². The topological polar surface area (TPSA) is 101 Å². The van der Waals surface area contributed by atoms with E-state index < -0.39 is 29.2 Å². The van der Waals surface area contributed by atoms with Crippen molar-refractivity contribution >= 4 is 34.8 Å². The molecule has 1 unspecified atom stereocenters. The van der Waals surface area contributed by atoms with Crippen LogP contribution in [0.5, 0.6) is 0 Å². The number of aliphatic hydroxyl groups excluding tert-OH is 1. The molecular formula is C12H17NO5S2. The summed E-state index contributed by atoms with van der Waals surface area (Å²) in [6.45, 7) is 3.38. The third-order valence-corrected chi connectivity index (χ3v) is 6.37. The quantitative estimate of drug-likeness (QED) is 0.555. The van der Waals surface area contributed by atoms with Gasteiger partial charge in [-0.25, -0.2) is 4.79 Å². The molecule has 2 heterocycles. The van der Waals surface area contributed by atoms with Crippen LogP contribution in [0.2, 0.25) is 0 Å². The Labute approximate surface area is 124 Å². The van der Waals surface area contributed by atoms with Crippen LogP contribution in [-0.4, -0.2) is 55.0 Å². The summed E-state index contributed by atoms with van der Waals surface area (Å²) >= 11 is 0.173. The van der Waals surface area contributed by atoms with Gasteiger partial charge in [-0.05, 0) is 18.1 Å². The molecule has 1 amide bonds. The first kappa shape index (κ1) is 15.7. The lowest BCUT2D eigenvalue weighted by molar-refractivity contribution is -0.163. The first-order chi connectivity index (χ1) is 9.27. The van der Waals surface area contributed by atoms with E-state index in [-0.39, 0.29) is 23.6 Å². The van der Waals surface area contributed by atoms with E-state index in [2.05, 4.69) is 0 Å². The molecule has 112 valence electrons. The van der Waals surface area contributed by atoms with Crippen molar-refractivity contribution < 1.29 is 24.4 Å². The highest BCUT2D eigenvalue weighted by Crippen LogP contribution is 2.50. The minimum absolute atomic E-state index is 0.0140. The van der Waals surface area contributed by atoms with Gasteiger partial charge < -0.3 is 19.7 Å². The second-order valence-corrected chi connectivity index (χ2v) is 7.92. The Kier molecular flexibility index (Phi) is 4.38. The fourth-order valence-corrected chi connectivity index (χ4v) is 4.76. The Morgan fingerprint density at radius 1 is 1.60 bits per heavy atom. The van der Waals surface area contributed by atoms with E-state index >= 15 is 0 Å². The zero-order valence-corrected chi connectivity index (χ0v) is 13.0. The minimum atomic E-state index is -1.15. The van der Waals surface area contributed by atoms with Crippen molar-refractivity contribution in [2.45, 2.75) is 26.0 Å². The normalized spacial score (nSPS) is 31.9. The van der Waals surface area contributed by atoms with Crippen molar-refractivity contribution in [3.8, 4) is 0 Å². The highest BCUT2D eigenvalue weighted by molar-refractivity contribution is 8.14. The molecule has 0 saturated carbocycles. The van der Waals surface area contributed by atoms with Crippen LogP contribution in [0.4, 0.5) is 0 Å². The molecule has 2 rings (SSSR count). The Morgan fingerprint density at radius 2 is 2.20 bits per heavy atom.